The number of ether oxygens (including phenoxy) is 4. The first-order chi connectivity index (χ1) is 21.3. The summed E-state index contributed by atoms with van der Waals surface area (Å²) in [5.41, 5.74) is 15.1. The first-order valence-electron chi connectivity index (χ1n) is 13.6. The number of nitrogens with one attached hydrogen (secondary N) is 2. The summed E-state index contributed by atoms with van der Waals surface area (Å²) in [6, 6.07) is 18.8. The Morgan fingerprint density at radius 3 is 2.59 bits per heavy atom. The Morgan fingerprint density at radius 2 is 1.91 bits per heavy atom. The van der Waals surface area contributed by atoms with Gasteiger partial charge in [-0.05, 0) is 47.5 Å². The van der Waals surface area contributed by atoms with E-state index in [2.05, 4.69) is 20.9 Å². The highest BCUT2D eigenvalue weighted by Gasteiger charge is 2.54. The molecule has 0 saturated carbocycles. The van der Waals surface area contributed by atoms with E-state index in [4.69, 9.17) is 52.2 Å². The van der Waals surface area contributed by atoms with Gasteiger partial charge in [-0.15, -0.1) is 0 Å². The predicted octanol–water partition coefficient (Wildman–Crippen LogP) is 5.44. The molecule has 0 bridgehead atoms. The lowest BCUT2D eigenvalue weighted by molar-refractivity contribution is -0.131. The van der Waals surface area contributed by atoms with Crippen molar-refractivity contribution in [2.45, 2.75) is 30.8 Å². The average molecular weight is 644 g/mol. The molecule has 44 heavy (non-hydrogen) atoms. The Hall–Kier alpha value is -3.87. The quantitative estimate of drug-likeness (QED) is 0.0497. The largest absolute Gasteiger partial charge is 0.494 e. The van der Waals surface area contributed by atoms with Crippen LogP contribution in [0.1, 0.15) is 29.2 Å². The normalized spacial score (nSPS) is 17.5. The van der Waals surface area contributed by atoms with Crippen molar-refractivity contribution in [1.82, 2.24) is 10.9 Å². The average Bonchev–Trinajstić information content (AvgIpc) is 3.41. The topological polar surface area (TPSA) is 159 Å². The highest BCUT2D eigenvalue weighted by Crippen LogP contribution is 2.45. The molecule has 0 saturated heterocycles. The molecule has 3 N–H and O–H groups in total. The highest BCUT2D eigenvalue weighted by molar-refractivity contribution is 6.35. The summed E-state index contributed by atoms with van der Waals surface area (Å²) in [4.78, 5) is 22.2. The monoisotopic (exact) mass is 642 g/mol. The number of nitrogens with zero attached hydrogens (tertiary/aromatic N) is 4. The van der Waals surface area contributed by atoms with E-state index >= 15 is 0 Å². The van der Waals surface area contributed by atoms with Crippen LogP contribution < -0.4 is 15.6 Å². The number of hydrogen-bond donors (Lipinski definition) is 3. The molecule has 1 aliphatic heterocycles. The summed E-state index contributed by atoms with van der Waals surface area (Å²) in [6.07, 6.45) is -1.18. The zero-order valence-corrected chi connectivity index (χ0v) is 25.6. The summed E-state index contributed by atoms with van der Waals surface area (Å²) in [5, 5.41) is 13.5. The lowest BCUT2D eigenvalue weighted by Crippen LogP contribution is -2.55. The summed E-state index contributed by atoms with van der Waals surface area (Å²) < 4.78 is 22.6. The molecule has 2 atom stereocenters. The number of rotatable bonds is 15. The van der Waals surface area contributed by atoms with E-state index < -0.39 is 23.8 Å². The van der Waals surface area contributed by atoms with Crippen molar-refractivity contribution in [1.29, 1.82) is 0 Å². The molecule has 0 aromatic heterocycles. The number of aliphatic imine (C=N–C) groups is 1. The van der Waals surface area contributed by atoms with Crippen molar-refractivity contribution in [2.75, 3.05) is 34.0 Å². The van der Waals surface area contributed by atoms with Gasteiger partial charge in [0.2, 0.25) is 5.90 Å². The second-order valence-corrected chi connectivity index (χ2v) is 10.5. The van der Waals surface area contributed by atoms with E-state index in [1.165, 1.54) is 14.2 Å². The van der Waals surface area contributed by atoms with Crippen molar-refractivity contribution in [3.63, 3.8) is 0 Å². The van der Waals surface area contributed by atoms with Gasteiger partial charge in [0, 0.05) is 65.4 Å². The second-order valence-electron chi connectivity index (χ2n) is 9.69. The van der Waals surface area contributed by atoms with Crippen LogP contribution >= 0.6 is 23.2 Å². The van der Waals surface area contributed by atoms with Crippen molar-refractivity contribution >= 4 is 40.7 Å². The first-order valence-corrected chi connectivity index (χ1v) is 14.4. The number of hydrogen-bond acceptors (Lipinski definition) is 9. The Balaban J connectivity index is 1.82. The van der Waals surface area contributed by atoms with Gasteiger partial charge in [-0.1, -0.05) is 58.6 Å². The summed E-state index contributed by atoms with van der Waals surface area (Å²) >= 11 is 12.9. The third-order valence-electron chi connectivity index (χ3n) is 6.88. The maximum atomic E-state index is 14.3. The molecule has 14 heteroatoms. The van der Waals surface area contributed by atoms with E-state index in [9.17, 15) is 10.3 Å². The van der Waals surface area contributed by atoms with E-state index in [-0.39, 0.29) is 30.5 Å². The van der Waals surface area contributed by atoms with E-state index in [1.54, 1.807) is 66.7 Å². The maximum Gasteiger partial charge on any atom is 0.266 e. The van der Waals surface area contributed by atoms with Gasteiger partial charge < -0.3 is 24.1 Å². The molecular weight excluding hydrogens is 611 g/mol. The van der Waals surface area contributed by atoms with Crippen LogP contribution in [0.5, 0.6) is 5.75 Å². The summed E-state index contributed by atoms with van der Waals surface area (Å²) in [6.45, 7) is 0.515. The Bertz CT molecular complexity index is 1510. The number of azide groups is 1. The van der Waals surface area contributed by atoms with Crippen molar-refractivity contribution < 1.29 is 28.8 Å². The number of amides is 1. The zero-order valence-electron chi connectivity index (χ0n) is 24.1. The molecule has 3 aromatic carbocycles. The lowest BCUT2D eigenvalue weighted by atomic mass is 9.81. The minimum absolute atomic E-state index is 0.0246. The molecule has 0 spiro atoms. The van der Waals surface area contributed by atoms with Crippen LogP contribution in [-0.4, -0.2) is 62.7 Å². The van der Waals surface area contributed by atoms with E-state index in [1.807, 2.05) is 0 Å². The minimum atomic E-state index is -1.65. The summed E-state index contributed by atoms with van der Waals surface area (Å²) in [7, 11) is 2.96. The fraction of sp³-hybridized carbons (Fsp3) is 0.333. The summed E-state index contributed by atoms with van der Waals surface area (Å²) in [5.74, 6) is 0.237. The second kappa shape index (κ2) is 15.7. The van der Waals surface area contributed by atoms with E-state index in [0.717, 1.165) is 0 Å². The number of aliphatic hydroxyl groups is 1. The number of carbonyl (C=O) groups excluding carboxylic acids is 1. The fourth-order valence-corrected chi connectivity index (χ4v) is 5.16. The number of methoxy groups -OCH3 is 2. The number of hydrazine groups is 1. The third-order valence-corrected chi connectivity index (χ3v) is 7.44. The van der Waals surface area contributed by atoms with Gasteiger partial charge in [-0.2, -0.15) is 0 Å². The number of aliphatic hydroxyl groups excluding tert-OH is 1. The maximum absolute atomic E-state index is 14.3. The number of benzene rings is 3. The predicted molar refractivity (Wildman–Crippen MR) is 166 cm³/mol. The smallest absolute Gasteiger partial charge is 0.266 e. The molecule has 0 radical (unpaired) electrons. The van der Waals surface area contributed by atoms with Crippen LogP contribution in [0.25, 0.3) is 10.4 Å². The Kier molecular flexibility index (Phi) is 11.8. The first kappa shape index (κ1) is 33.0. The highest BCUT2D eigenvalue weighted by atomic mass is 35.5. The van der Waals surface area contributed by atoms with Crippen LogP contribution in [0.4, 0.5) is 5.69 Å². The van der Waals surface area contributed by atoms with Gasteiger partial charge in [0.1, 0.15) is 5.75 Å². The lowest BCUT2D eigenvalue weighted by Gasteiger charge is -2.31. The molecule has 0 fully saturated rings. The molecule has 12 nitrogen and oxygen atoms in total. The van der Waals surface area contributed by atoms with Gasteiger partial charge in [-0.25, -0.2) is 10.4 Å². The molecule has 4 rings (SSSR count). The molecule has 1 heterocycles. The fourth-order valence-electron chi connectivity index (χ4n) is 4.66. The molecule has 1 amide bonds. The van der Waals surface area contributed by atoms with Gasteiger partial charge in [0.15, 0.2) is 17.9 Å². The number of carbonyl (C=O) groups is 1. The number of halogens is 2. The molecule has 232 valence electrons. The standard InChI is InChI=1S/C30H32Cl2N6O6/c1-41-26(42-2)18-34-37-29(40)30(17-20-6-3-4-7-25(20)36-38-33)27(23-13-10-21(31)16-24(23)32)44-28(35-30)19-8-11-22(12-9-19)43-15-5-14-39/h3-4,6-13,16,26-27,34,39H,5,14-15,17-18H2,1-2H3,(H,37,40)/t27-,30-/m0/s1. The minimum Gasteiger partial charge on any atom is -0.494 e. The van der Waals surface area contributed by atoms with Crippen LogP contribution in [0.3, 0.4) is 0 Å². The van der Waals surface area contributed by atoms with Gasteiger partial charge in [-0.3, -0.25) is 10.2 Å². The molecule has 1 aliphatic rings. The van der Waals surface area contributed by atoms with Gasteiger partial charge in [0.25, 0.3) is 5.91 Å². The Morgan fingerprint density at radius 1 is 1.16 bits per heavy atom. The van der Waals surface area contributed by atoms with Gasteiger partial charge in [0.05, 0.1) is 13.2 Å². The third kappa shape index (κ3) is 7.79. The van der Waals surface area contributed by atoms with Crippen LogP contribution in [0.2, 0.25) is 10.0 Å². The van der Waals surface area contributed by atoms with Crippen LogP contribution in [0, 0.1) is 0 Å². The van der Waals surface area contributed by atoms with Crippen molar-refractivity contribution in [3.05, 3.63) is 104 Å². The van der Waals surface area contributed by atoms with Crippen molar-refractivity contribution in [2.24, 2.45) is 10.1 Å². The molecule has 0 unspecified atom stereocenters. The van der Waals surface area contributed by atoms with Gasteiger partial charge >= 0.3 is 0 Å². The molecule has 3 aromatic rings. The molecule has 0 aliphatic carbocycles. The Labute approximate surface area is 264 Å². The zero-order chi connectivity index (χ0) is 31.5. The van der Waals surface area contributed by atoms with Crippen molar-refractivity contribution in [3.8, 4) is 5.75 Å². The van der Waals surface area contributed by atoms with E-state index in [0.29, 0.717) is 46.2 Å². The molecular formula is C30H32Cl2N6O6. The van der Waals surface area contributed by atoms with Crippen LogP contribution in [-0.2, 0) is 25.4 Å². The van der Waals surface area contributed by atoms with Crippen LogP contribution in [0.15, 0.2) is 76.8 Å². The SMILES string of the molecule is COC(CNNC(=O)[C@@]1(Cc2ccccc2N=[N+]=[N-])N=C(c2ccc(OCCCO)cc2)O[C@H]1c1ccc(Cl)cc1Cl)OC.